The first-order valence-electron chi connectivity index (χ1n) is 9.20. The predicted molar refractivity (Wildman–Crippen MR) is 93.9 cm³/mol. The number of carbonyl (C=O) groups is 3. The summed E-state index contributed by atoms with van der Waals surface area (Å²) in [5.41, 5.74) is 0.0287. The first-order valence-corrected chi connectivity index (χ1v) is 9.20. The number of aliphatic hydroxyl groups is 1. The minimum Gasteiger partial charge on any atom is -0.458 e. The third-order valence-electron chi connectivity index (χ3n) is 5.89. The van der Waals surface area contributed by atoms with Crippen molar-refractivity contribution in [2.75, 3.05) is 6.61 Å². The summed E-state index contributed by atoms with van der Waals surface area (Å²) in [6.07, 6.45) is 1.55. The fraction of sp³-hybridized carbons (Fsp3) is 0.550. The van der Waals surface area contributed by atoms with Crippen molar-refractivity contribution in [3.8, 4) is 0 Å². The van der Waals surface area contributed by atoms with Crippen molar-refractivity contribution < 1.29 is 38.4 Å². The molecule has 4 rings (SSSR count). The summed E-state index contributed by atoms with van der Waals surface area (Å²) in [7, 11) is 0. The van der Waals surface area contributed by atoms with Crippen LogP contribution >= 0.6 is 0 Å². The Morgan fingerprint density at radius 1 is 1.50 bits per heavy atom. The first-order chi connectivity index (χ1) is 13.3. The maximum atomic E-state index is 12.5. The molecule has 8 nitrogen and oxygen atoms in total. The summed E-state index contributed by atoms with van der Waals surface area (Å²) in [6, 6.07) is 0. The molecule has 0 radical (unpaired) electrons. The minimum atomic E-state index is -0.801. The molecular weight excluding hydrogens is 368 g/mol. The molecule has 0 aromatic carbocycles. The Morgan fingerprint density at radius 3 is 2.89 bits per heavy atom. The van der Waals surface area contributed by atoms with Crippen molar-refractivity contribution in [2.45, 2.75) is 56.4 Å². The standard InChI is InChI=1S/C20H22O8/c1-4-10(7-21)19(24)26-13-6-20(3)17(28-20)16-15(27-16)11(8-22)5-12-14(13)9(2)18(23)25-12/h4-5,8,12-17,21H,2,6-7H2,1,3H3/b10-4+,11-5-/t12-,13-,14+,15+,16+,17+,20-/m1/s1. The van der Waals surface area contributed by atoms with Crippen LogP contribution in [-0.4, -0.2) is 66.1 Å². The number of aldehydes is 1. The molecule has 4 aliphatic rings. The van der Waals surface area contributed by atoms with Crippen LogP contribution in [0.25, 0.3) is 0 Å². The molecule has 0 amide bonds. The number of hydrogen-bond acceptors (Lipinski definition) is 8. The number of fused-ring (bicyclic) bond motifs is 4. The van der Waals surface area contributed by atoms with Gasteiger partial charge in [-0.1, -0.05) is 12.7 Å². The van der Waals surface area contributed by atoms with E-state index in [0.29, 0.717) is 18.3 Å². The summed E-state index contributed by atoms with van der Waals surface area (Å²) in [4.78, 5) is 36.2. The summed E-state index contributed by atoms with van der Waals surface area (Å²) >= 11 is 0. The van der Waals surface area contributed by atoms with Crippen LogP contribution in [0.5, 0.6) is 0 Å². The molecule has 0 bridgehead atoms. The lowest BCUT2D eigenvalue weighted by Crippen LogP contribution is -2.38. The normalized spacial score (nSPS) is 43.5. The molecule has 1 N–H and O–H groups in total. The Bertz CT molecular complexity index is 811. The highest BCUT2D eigenvalue weighted by atomic mass is 16.7. The second-order valence-electron chi connectivity index (χ2n) is 7.70. The van der Waals surface area contributed by atoms with Crippen LogP contribution in [0.1, 0.15) is 20.3 Å². The van der Waals surface area contributed by atoms with Crippen LogP contribution in [0.3, 0.4) is 0 Å². The van der Waals surface area contributed by atoms with Gasteiger partial charge >= 0.3 is 11.9 Å². The highest BCUT2D eigenvalue weighted by Crippen LogP contribution is 2.53. The van der Waals surface area contributed by atoms with Crippen LogP contribution in [0.4, 0.5) is 0 Å². The number of aliphatic hydroxyl groups excluding tert-OH is 1. The number of ether oxygens (including phenoxy) is 4. The van der Waals surface area contributed by atoms with Gasteiger partial charge in [0.15, 0.2) is 0 Å². The minimum absolute atomic E-state index is 0.109. The van der Waals surface area contributed by atoms with E-state index >= 15 is 0 Å². The molecule has 0 saturated carbocycles. The highest BCUT2D eigenvalue weighted by Gasteiger charge is 2.67. The Hall–Kier alpha value is -2.29. The molecule has 3 aliphatic heterocycles. The number of rotatable bonds is 4. The van der Waals surface area contributed by atoms with E-state index in [1.807, 2.05) is 6.92 Å². The number of epoxide rings is 2. The molecule has 28 heavy (non-hydrogen) atoms. The van der Waals surface area contributed by atoms with Crippen molar-refractivity contribution in [3.05, 3.63) is 35.5 Å². The SMILES string of the molecule is C=C1C(=O)O[C@@H]2/C=C(/C=O)[C@@H]3O[C@@H]3[C@@H]3O[C@]3(C)C[C@@H](OC(=O)/C(=C/C)CO)[C@@H]12. The van der Waals surface area contributed by atoms with Gasteiger partial charge in [0, 0.05) is 17.6 Å². The lowest BCUT2D eigenvalue weighted by atomic mass is 9.82. The van der Waals surface area contributed by atoms with Gasteiger partial charge in [0.1, 0.15) is 36.8 Å². The maximum absolute atomic E-state index is 12.5. The number of allylic oxidation sites excluding steroid dienone is 1. The summed E-state index contributed by atoms with van der Waals surface area (Å²) in [5, 5.41) is 9.35. The Balaban J connectivity index is 1.71. The van der Waals surface area contributed by atoms with Crippen LogP contribution in [-0.2, 0) is 33.3 Å². The molecule has 0 aromatic heterocycles. The molecule has 7 atom stereocenters. The zero-order valence-electron chi connectivity index (χ0n) is 15.6. The topological polar surface area (TPSA) is 115 Å². The third kappa shape index (κ3) is 3.01. The Labute approximate surface area is 161 Å². The van der Waals surface area contributed by atoms with E-state index in [-0.39, 0.29) is 29.5 Å². The van der Waals surface area contributed by atoms with Crippen LogP contribution in [0, 0.1) is 5.92 Å². The fourth-order valence-corrected chi connectivity index (χ4v) is 4.16. The first kappa shape index (κ1) is 19.0. The van der Waals surface area contributed by atoms with E-state index in [2.05, 4.69) is 6.58 Å². The monoisotopic (exact) mass is 390 g/mol. The maximum Gasteiger partial charge on any atom is 0.336 e. The smallest absolute Gasteiger partial charge is 0.336 e. The van der Waals surface area contributed by atoms with Crippen molar-refractivity contribution in [3.63, 3.8) is 0 Å². The van der Waals surface area contributed by atoms with Crippen molar-refractivity contribution in [1.29, 1.82) is 0 Å². The van der Waals surface area contributed by atoms with E-state index in [9.17, 15) is 19.5 Å². The van der Waals surface area contributed by atoms with E-state index in [0.717, 1.165) is 0 Å². The quantitative estimate of drug-likeness (QED) is 0.317. The van der Waals surface area contributed by atoms with E-state index < -0.39 is 42.3 Å². The van der Waals surface area contributed by atoms with Crippen molar-refractivity contribution in [2.24, 2.45) is 5.92 Å². The average molecular weight is 390 g/mol. The molecule has 3 heterocycles. The van der Waals surface area contributed by atoms with E-state index in [1.54, 1.807) is 13.0 Å². The molecule has 0 aromatic rings. The summed E-state index contributed by atoms with van der Waals surface area (Å²) in [6.45, 7) is 6.84. The van der Waals surface area contributed by atoms with Crippen molar-refractivity contribution >= 4 is 18.2 Å². The molecule has 1 aliphatic carbocycles. The molecule has 3 saturated heterocycles. The molecular formula is C20H22O8. The van der Waals surface area contributed by atoms with Gasteiger partial charge in [0.2, 0.25) is 0 Å². The third-order valence-corrected chi connectivity index (χ3v) is 5.89. The molecule has 150 valence electrons. The van der Waals surface area contributed by atoms with Crippen LogP contribution in [0.15, 0.2) is 35.5 Å². The predicted octanol–water partition coefficient (Wildman–Crippen LogP) is 0.388. The van der Waals surface area contributed by atoms with E-state index in [4.69, 9.17) is 18.9 Å². The van der Waals surface area contributed by atoms with Crippen LogP contribution < -0.4 is 0 Å². The fourth-order valence-electron chi connectivity index (χ4n) is 4.16. The van der Waals surface area contributed by atoms with Gasteiger partial charge in [-0.2, -0.15) is 0 Å². The number of hydrogen-bond donors (Lipinski definition) is 1. The van der Waals surface area contributed by atoms with Gasteiger partial charge in [-0.15, -0.1) is 0 Å². The Morgan fingerprint density at radius 2 is 2.25 bits per heavy atom. The van der Waals surface area contributed by atoms with Crippen LogP contribution in [0.2, 0.25) is 0 Å². The Kier molecular flexibility index (Phi) is 4.52. The number of esters is 2. The second-order valence-corrected chi connectivity index (χ2v) is 7.70. The molecule has 8 heteroatoms. The summed E-state index contributed by atoms with van der Waals surface area (Å²) < 4.78 is 22.5. The lowest BCUT2D eigenvalue weighted by molar-refractivity contribution is -0.149. The van der Waals surface area contributed by atoms with Gasteiger partial charge in [0.05, 0.1) is 23.7 Å². The zero-order valence-corrected chi connectivity index (χ0v) is 15.6. The van der Waals surface area contributed by atoms with Gasteiger partial charge in [-0.25, -0.2) is 9.59 Å². The second kappa shape index (κ2) is 6.65. The molecule has 0 unspecified atom stereocenters. The molecule has 3 fully saturated rings. The van der Waals surface area contributed by atoms with Gasteiger partial charge in [-0.3, -0.25) is 4.79 Å². The van der Waals surface area contributed by atoms with E-state index in [1.165, 1.54) is 6.08 Å². The lowest BCUT2D eigenvalue weighted by Gasteiger charge is -2.28. The number of carbonyl (C=O) groups excluding carboxylic acids is 3. The average Bonchev–Trinajstić information content (AvgIpc) is 3.53. The largest absolute Gasteiger partial charge is 0.458 e. The summed E-state index contributed by atoms with van der Waals surface area (Å²) in [5.74, 6) is -1.95. The van der Waals surface area contributed by atoms with Gasteiger partial charge in [-0.05, 0) is 19.9 Å². The zero-order chi connectivity index (χ0) is 20.2. The highest BCUT2D eigenvalue weighted by molar-refractivity contribution is 5.92. The van der Waals surface area contributed by atoms with Gasteiger partial charge in [0.25, 0.3) is 0 Å². The van der Waals surface area contributed by atoms with Crippen molar-refractivity contribution in [1.82, 2.24) is 0 Å². The van der Waals surface area contributed by atoms with Gasteiger partial charge < -0.3 is 24.1 Å². The molecule has 0 spiro atoms.